The van der Waals surface area contributed by atoms with Crippen LogP contribution in [0, 0.1) is 0 Å². The minimum Gasteiger partial charge on any atom is -0.468 e. The van der Waals surface area contributed by atoms with E-state index in [2.05, 4.69) is 52.3 Å². The Bertz CT molecular complexity index is 1230. The highest BCUT2D eigenvalue weighted by Crippen LogP contribution is 2.44. The molecule has 0 saturated heterocycles. The van der Waals surface area contributed by atoms with Crippen molar-refractivity contribution in [1.82, 2.24) is 5.32 Å². The van der Waals surface area contributed by atoms with Crippen LogP contribution in [0.25, 0.3) is 0 Å². The van der Waals surface area contributed by atoms with Gasteiger partial charge in [0.05, 0.1) is 50.3 Å². The zero-order valence-corrected chi connectivity index (χ0v) is 32.7. The van der Waals surface area contributed by atoms with Gasteiger partial charge in [0.15, 0.2) is 15.1 Å². The number of methoxy groups -OCH3 is 1. The summed E-state index contributed by atoms with van der Waals surface area (Å²) in [5, 5.41) is 3.03. The zero-order chi connectivity index (χ0) is 36.5. The van der Waals surface area contributed by atoms with Crippen molar-refractivity contribution in [2.75, 3.05) is 51.8 Å². The van der Waals surface area contributed by atoms with Gasteiger partial charge in [0.2, 0.25) is 0 Å². The molecule has 1 aromatic carbocycles. The molecule has 1 aliphatic rings. The fourth-order valence-corrected chi connectivity index (χ4v) is 9.09. The molecule has 49 heavy (non-hydrogen) atoms. The number of hydrogen-bond donors (Lipinski definition) is 1. The molecule has 12 nitrogen and oxygen atoms in total. The Morgan fingerprint density at radius 2 is 1.69 bits per heavy atom. The first-order valence-electron chi connectivity index (χ1n) is 17.2. The van der Waals surface area contributed by atoms with Crippen molar-refractivity contribution in [3.05, 3.63) is 48.6 Å². The van der Waals surface area contributed by atoms with E-state index in [1.807, 2.05) is 0 Å². The molecule has 0 bridgehead atoms. The minimum atomic E-state index is -2.38. The van der Waals surface area contributed by atoms with Gasteiger partial charge in [0, 0.05) is 26.8 Å². The number of esters is 1. The molecule has 1 heterocycles. The molecule has 0 radical (unpaired) electrons. The number of alkyl carbamates (subject to hydrolysis) is 1. The zero-order valence-electron chi connectivity index (χ0n) is 30.7. The first-order valence-corrected chi connectivity index (χ1v) is 23.5. The lowest BCUT2D eigenvalue weighted by atomic mass is 9.86. The number of ether oxygens (including phenoxy) is 6. The maximum absolute atomic E-state index is 14.2. The van der Waals surface area contributed by atoms with E-state index in [-0.39, 0.29) is 33.0 Å². The molecule has 0 saturated carbocycles. The molecular formula is C35H58N2O10Si2. The summed E-state index contributed by atoms with van der Waals surface area (Å²) >= 11 is 0. The summed E-state index contributed by atoms with van der Waals surface area (Å²) in [6.07, 6.45) is 2.81. The second kappa shape index (κ2) is 21.1. The van der Waals surface area contributed by atoms with E-state index in [0.29, 0.717) is 30.2 Å². The Hall–Kier alpha value is -3.18. The van der Waals surface area contributed by atoms with E-state index in [0.717, 1.165) is 24.2 Å². The molecule has 2 amide bonds. The van der Waals surface area contributed by atoms with Gasteiger partial charge in [-0.1, -0.05) is 59.1 Å². The van der Waals surface area contributed by atoms with Crippen molar-refractivity contribution >= 4 is 40.2 Å². The summed E-state index contributed by atoms with van der Waals surface area (Å²) in [5.41, 5.74) is 1.11. The van der Waals surface area contributed by atoms with Gasteiger partial charge < -0.3 is 38.2 Å². The number of nitrogens with one attached hydrogen (secondary N) is 1. The molecule has 1 aromatic rings. The molecule has 276 valence electrons. The Morgan fingerprint density at radius 1 is 0.980 bits per heavy atom. The lowest BCUT2D eigenvalue weighted by Crippen LogP contribution is -2.60. The smallest absolute Gasteiger partial charge is 0.414 e. The Labute approximate surface area is 294 Å². The van der Waals surface area contributed by atoms with E-state index in [1.54, 1.807) is 43.2 Å². The van der Waals surface area contributed by atoms with Gasteiger partial charge in [-0.05, 0) is 55.7 Å². The van der Waals surface area contributed by atoms with Crippen molar-refractivity contribution in [1.29, 1.82) is 0 Å². The predicted molar refractivity (Wildman–Crippen MR) is 195 cm³/mol. The molecular weight excluding hydrogens is 665 g/mol. The summed E-state index contributed by atoms with van der Waals surface area (Å²) in [6, 6.07) is 7.14. The average Bonchev–Trinajstić information content (AvgIpc) is 3.06. The molecule has 3 atom stereocenters. The van der Waals surface area contributed by atoms with Crippen molar-refractivity contribution in [3.63, 3.8) is 0 Å². The first kappa shape index (κ1) is 42.0. The second-order valence-electron chi connectivity index (χ2n) is 13.0. The van der Waals surface area contributed by atoms with Crippen LogP contribution in [0.3, 0.4) is 0 Å². The molecule has 0 fully saturated rings. The van der Waals surface area contributed by atoms with Crippen LogP contribution in [-0.2, 0) is 32.9 Å². The van der Waals surface area contributed by atoms with Gasteiger partial charge in [-0.2, -0.15) is 0 Å². The van der Waals surface area contributed by atoms with Gasteiger partial charge in [-0.15, -0.1) is 0 Å². The maximum Gasteiger partial charge on any atom is 0.414 e. The van der Waals surface area contributed by atoms with Crippen LogP contribution in [0.4, 0.5) is 15.3 Å². The fraction of sp³-hybridized carbons (Fsp3) is 0.629. The lowest BCUT2D eigenvalue weighted by Gasteiger charge is -2.48. The summed E-state index contributed by atoms with van der Waals surface area (Å²) in [4.78, 5) is 41.3. The summed E-state index contributed by atoms with van der Waals surface area (Å²) in [6.45, 7) is 19.7. The second-order valence-corrected chi connectivity index (χ2v) is 23.3. The fourth-order valence-electron chi connectivity index (χ4n) is 5.51. The SMILES string of the molecule is C=CCOC(=O)N[C@H]1c2cc(OCOCCOC)ccc2N(C(=O)OCC[Si](C)(C)C)[C@@H](C/C=C/C(=O)OCC)[C@@H]1O[Si](CC)(CC)CC. The van der Waals surface area contributed by atoms with E-state index in [1.165, 1.54) is 12.2 Å². The highest BCUT2D eigenvalue weighted by molar-refractivity contribution is 6.76. The standard InChI is InChI=1S/C35H58N2O10Si2/c1-10-20-44-34(39)36-32-28-25-27(46-26-42-22-21-41-6)18-19-29(28)37(35(40)45-23-24-48(7,8)9)30(16-15-17-31(38)43-11-2)33(32)47-49(12-3,13-4)14-5/h10,15,17-19,25,30,32-33H,1,11-14,16,20-24,26H2,2-9H3,(H,36,39)/b17-15+/t30-,32-,33-/m0/s1. The number of rotatable bonds is 21. The van der Waals surface area contributed by atoms with Crippen LogP contribution in [0.2, 0.25) is 43.8 Å². The largest absolute Gasteiger partial charge is 0.468 e. The molecule has 14 heteroatoms. The molecule has 0 spiro atoms. The number of amides is 2. The molecule has 1 aliphatic heterocycles. The van der Waals surface area contributed by atoms with Crippen LogP contribution < -0.4 is 15.0 Å². The summed E-state index contributed by atoms with van der Waals surface area (Å²) < 4.78 is 40.1. The normalized spacial score (nSPS) is 17.7. The number of fused-ring (bicyclic) bond motifs is 1. The Kier molecular flexibility index (Phi) is 18.1. The highest BCUT2D eigenvalue weighted by Gasteiger charge is 2.48. The number of carbonyl (C=O) groups excluding carboxylic acids is 3. The number of anilines is 1. The van der Waals surface area contributed by atoms with Crippen molar-refractivity contribution in [2.24, 2.45) is 0 Å². The van der Waals surface area contributed by atoms with Gasteiger partial charge in [0.1, 0.15) is 12.4 Å². The molecule has 1 N–H and O–H groups in total. The summed E-state index contributed by atoms with van der Waals surface area (Å²) in [5.74, 6) is -0.0177. The Balaban J connectivity index is 2.78. The third-order valence-electron chi connectivity index (χ3n) is 8.49. The molecule has 0 aromatic heterocycles. The van der Waals surface area contributed by atoms with E-state index in [4.69, 9.17) is 32.8 Å². The van der Waals surface area contributed by atoms with Crippen LogP contribution in [0.1, 0.15) is 45.7 Å². The lowest BCUT2D eigenvalue weighted by molar-refractivity contribution is -0.137. The maximum atomic E-state index is 14.2. The van der Waals surface area contributed by atoms with Gasteiger partial charge in [0.25, 0.3) is 0 Å². The third-order valence-corrected chi connectivity index (χ3v) is 14.8. The minimum absolute atomic E-state index is 0.0116. The van der Waals surface area contributed by atoms with Crippen LogP contribution in [0.15, 0.2) is 43.0 Å². The number of nitrogens with zero attached hydrogens (tertiary/aromatic N) is 1. The molecule has 2 rings (SSSR count). The number of hydrogen-bond acceptors (Lipinski definition) is 10. The highest BCUT2D eigenvalue weighted by atomic mass is 28.4. The van der Waals surface area contributed by atoms with Crippen LogP contribution in [-0.4, -0.2) is 93.6 Å². The Morgan fingerprint density at radius 3 is 2.31 bits per heavy atom. The van der Waals surface area contributed by atoms with Gasteiger partial charge in [-0.25, -0.2) is 14.4 Å². The van der Waals surface area contributed by atoms with E-state index < -0.39 is 52.7 Å². The van der Waals surface area contributed by atoms with Crippen molar-refractivity contribution < 1.29 is 47.2 Å². The van der Waals surface area contributed by atoms with Crippen molar-refractivity contribution in [2.45, 2.75) is 96.1 Å². The third kappa shape index (κ3) is 13.2. The molecule has 0 unspecified atom stereocenters. The molecule has 0 aliphatic carbocycles. The average molecular weight is 723 g/mol. The van der Waals surface area contributed by atoms with Crippen molar-refractivity contribution in [3.8, 4) is 5.75 Å². The monoisotopic (exact) mass is 722 g/mol. The van der Waals surface area contributed by atoms with E-state index in [9.17, 15) is 14.4 Å². The van der Waals surface area contributed by atoms with E-state index >= 15 is 0 Å². The van der Waals surface area contributed by atoms with Crippen LogP contribution >= 0.6 is 0 Å². The van der Waals surface area contributed by atoms with Gasteiger partial charge >= 0.3 is 18.2 Å². The first-order chi connectivity index (χ1) is 23.4. The quantitative estimate of drug-likeness (QED) is 0.0264. The van der Waals surface area contributed by atoms with Crippen LogP contribution in [0.5, 0.6) is 5.75 Å². The number of benzene rings is 1. The number of carbonyl (C=O) groups is 3. The topological polar surface area (TPSA) is 131 Å². The predicted octanol–water partition coefficient (Wildman–Crippen LogP) is 7.20. The summed E-state index contributed by atoms with van der Waals surface area (Å²) in [7, 11) is -2.31. The van der Waals surface area contributed by atoms with Gasteiger partial charge in [-0.3, -0.25) is 4.90 Å².